The van der Waals surface area contributed by atoms with Crippen molar-refractivity contribution < 1.29 is 8.42 Å². The predicted octanol–water partition coefficient (Wildman–Crippen LogP) is -0.0954. The topological polar surface area (TPSA) is 75.4 Å². The molecular formula is C8H13N3O2S. The van der Waals surface area contributed by atoms with Crippen molar-refractivity contribution in [2.45, 2.75) is 4.90 Å². The van der Waals surface area contributed by atoms with Crippen LogP contribution in [0.15, 0.2) is 29.2 Å². The molecule has 0 aliphatic rings. The maximum absolute atomic E-state index is 11.2. The summed E-state index contributed by atoms with van der Waals surface area (Å²) >= 11 is 0. The zero-order valence-corrected chi connectivity index (χ0v) is 8.88. The fourth-order valence-electron chi connectivity index (χ4n) is 0.991. The van der Waals surface area contributed by atoms with Crippen molar-refractivity contribution in [2.75, 3.05) is 19.0 Å². The maximum atomic E-state index is 11.2. The van der Waals surface area contributed by atoms with Gasteiger partial charge in [-0.25, -0.2) is 8.42 Å². The van der Waals surface area contributed by atoms with Gasteiger partial charge in [-0.2, -0.15) is 4.83 Å². The summed E-state index contributed by atoms with van der Waals surface area (Å²) in [5, 5.41) is 0. The summed E-state index contributed by atoms with van der Waals surface area (Å²) < 4.78 is 22.5. The summed E-state index contributed by atoms with van der Waals surface area (Å²) in [4.78, 5) is 3.80. The molecular weight excluding hydrogens is 202 g/mol. The minimum Gasteiger partial charge on any atom is -0.378 e. The summed E-state index contributed by atoms with van der Waals surface area (Å²) in [6.07, 6.45) is 0. The van der Waals surface area contributed by atoms with Gasteiger partial charge < -0.3 is 4.90 Å². The molecule has 0 heterocycles. The van der Waals surface area contributed by atoms with Crippen LogP contribution in [0.1, 0.15) is 0 Å². The van der Waals surface area contributed by atoms with E-state index in [4.69, 9.17) is 5.84 Å². The second-order valence-corrected chi connectivity index (χ2v) is 4.72. The first-order valence-electron chi connectivity index (χ1n) is 3.97. The first-order chi connectivity index (χ1) is 6.47. The molecule has 6 heteroatoms. The van der Waals surface area contributed by atoms with Crippen LogP contribution in [0.3, 0.4) is 0 Å². The number of nitrogens with zero attached hydrogens (tertiary/aromatic N) is 1. The summed E-state index contributed by atoms with van der Waals surface area (Å²) in [6.45, 7) is 0. The van der Waals surface area contributed by atoms with Crippen molar-refractivity contribution in [1.29, 1.82) is 0 Å². The van der Waals surface area contributed by atoms with Gasteiger partial charge in [-0.05, 0) is 24.3 Å². The van der Waals surface area contributed by atoms with Crippen LogP contribution in [-0.2, 0) is 10.0 Å². The quantitative estimate of drug-likeness (QED) is 0.545. The first-order valence-corrected chi connectivity index (χ1v) is 5.45. The number of benzene rings is 1. The molecule has 0 amide bonds. The second-order valence-electron chi connectivity index (χ2n) is 3.01. The molecule has 0 spiro atoms. The van der Waals surface area contributed by atoms with E-state index in [0.29, 0.717) is 0 Å². The van der Waals surface area contributed by atoms with E-state index < -0.39 is 10.0 Å². The molecule has 0 aliphatic heterocycles. The Balaban J connectivity index is 3.06. The Morgan fingerprint density at radius 3 is 2.07 bits per heavy atom. The number of rotatable bonds is 3. The Hall–Kier alpha value is -1.11. The third kappa shape index (κ3) is 2.22. The van der Waals surface area contributed by atoms with Crippen molar-refractivity contribution >= 4 is 15.7 Å². The lowest BCUT2D eigenvalue weighted by Gasteiger charge is -2.12. The van der Waals surface area contributed by atoms with E-state index in [-0.39, 0.29) is 4.90 Å². The molecule has 0 aromatic heterocycles. The van der Waals surface area contributed by atoms with Gasteiger partial charge >= 0.3 is 0 Å². The molecule has 0 atom stereocenters. The van der Waals surface area contributed by atoms with Crippen LogP contribution in [0.5, 0.6) is 0 Å². The number of hydrogen-bond donors (Lipinski definition) is 2. The van der Waals surface area contributed by atoms with Gasteiger partial charge in [-0.1, -0.05) is 0 Å². The zero-order valence-electron chi connectivity index (χ0n) is 8.06. The van der Waals surface area contributed by atoms with E-state index in [1.54, 1.807) is 17.0 Å². The van der Waals surface area contributed by atoms with Gasteiger partial charge in [0.1, 0.15) is 0 Å². The molecule has 0 bridgehead atoms. The van der Waals surface area contributed by atoms with Gasteiger partial charge in [-0.3, -0.25) is 5.84 Å². The standard InChI is InChI=1S/C8H13N3O2S/c1-11(2)7-3-5-8(6-4-7)14(12,13)10-9/h3-6,10H,9H2,1-2H3. The molecule has 0 radical (unpaired) electrons. The highest BCUT2D eigenvalue weighted by Gasteiger charge is 2.10. The lowest BCUT2D eigenvalue weighted by atomic mass is 10.3. The third-order valence-electron chi connectivity index (χ3n) is 1.82. The normalized spacial score (nSPS) is 11.4. The number of nitrogens with one attached hydrogen (secondary N) is 1. The van der Waals surface area contributed by atoms with E-state index in [0.717, 1.165) is 5.69 Å². The molecule has 14 heavy (non-hydrogen) atoms. The van der Waals surface area contributed by atoms with E-state index in [9.17, 15) is 8.42 Å². The molecule has 0 fully saturated rings. The Labute approximate surface area is 83.5 Å². The van der Waals surface area contributed by atoms with Crippen molar-refractivity contribution in [3.8, 4) is 0 Å². The van der Waals surface area contributed by atoms with E-state index in [2.05, 4.69) is 0 Å². The number of hydrazine groups is 1. The third-order valence-corrected chi connectivity index (χ3v) is 3.02. The van der Waals surface area contributed by atoms with Gasteiger partial charge in [0, 0.05) is 19.8 Å². The van der Waals surface area contributed by atoms with Crippen molar-refractivity contribution in [2.24, 2.45) is 5.84 Å². The molecule has 1 aromatic carbocycles. The molecule has 0 aliphatic carbocycles. The molecule has 1 aromatic rings. The SMILES string of the molecule is CN(C)c1ccc(S(=O)(=O)NN)cc1. The predicted molar refractivity (Wildman–Crippen MR) is 55.3 cm³/mol. The van der Waals surface area contributed by atoms with Crippen LogP contribution >= 0.6 is 0 Å². The Bertz CT molecular complexity index is 397. The van der Waals surface area contributed by atoms with Gasteiger partial charge in [0.2, 0.25) is 0 Å². The van der Waals surface area contributed by atoms with Crippen molar-refractivity contribution in [1.82, 2.24) is 4.83 Å². The highest BCUT2D eigenvalue weighted by molar-refractivity contribution is 7.89. The first kappa shape index (κ1) is 11.0. The molecule has 1 rings (SSSR count). The van der Waals surface area contributed by atoms with Gasteiger partial charge in [0.05, 0.1) is 4.90 Å². The number of anilines is 1. The lowest BCUT2D eigenvalue weighted by molar-refractivity contribution is 0.584. The maximum Gasteiger partial charge on any atom is 0.253 e. The van der Waals surface area contributed by atoms with Crippen LogP contribution in [0.4, 0.5) is 5.69 Å². The molecule has 0 unspecified atom stereocenters. The lowest BCUT2D eigenvalue weighted by Crippen LogP contribution is -2.30. The average molecular weight is 215 g/mol. The average Bonchev–Trinajstić information content (AvgIpc) is 2.18. The van der Waals surface area contributed by atoms with E-state index in [1.165, 1.54) is 12.1 Å². The van der Waals surface area contributed by atoms with Gasteiger partial charge in [0.25, 0.3) is 10.0 Å². The number of sulfonamides is 1. The zero-order chi connectivity index (χ0) is 10.8. The second kappa shape index (κ2) is 3.95. The van der Waals surface area contributed by atoms with Crippen LogP contribution in [0, 0.1) is 0 Å². The molecule has 0 saturated heterocycles. The van der Waals surface area contributed by atoms with Crippen LogP contribution < -0.4 is 15.6 Å². The minimum absolute atomic E-state index is 0.158. The smallest absolute Gasteiger partial charge is 0.253 e. The van der Waals surface area contributed by atoms with E-state index >= 15 is 0 Å². The van der Waals surface area contributed by atoms with Crippen molar-refractivity contribution in [3.05, 3.63) is 24.3 Å². The fourth-order valence-corrected chi connectivity index (χ4v) is 1.62. The molecule has 5 nitrogen and oxygen atoms in total. The summed E-state index contributed by atoms with van der Waals surface area (Å²) in [7, 11) is 0.228. The van der Waals surface area contributed by atoms with Gasteiger partial charge in [0.15, 0.2) is 0 Å². The van der Waals surface area contributed by atoms with E-state index in [1.807, 2.05) is 19.0 Å². The van der Waals surface area contributed by atoms with Crippen molar-refractivity contribution in [3.63, 3.8) is 0 Å². The molecule has 78 valence electrons. The van der Waals surface area contributed by atoms with Crippen LogP contribution in [0.2, 0.25) is 0 Å². The monoisotopic (exact) mass is 215 g/mol. The summed E-state index contributed by atoms with van der Waals surface area (Å²) in [5.74, 6) is 4.89. The molecule has 0 saturated carbocycles. The van der Waals surface area contributed by atoms with Crippen LogP contribution in [0.25, 0.3) is 0 Å². The highest BCUT2D eigenvalue weighted by atomic mass is 32.2. The fraction of sp³-hybridized carbons (Fsp3) is 0.250. The Morgan fingerprint density at radius 2 is 1.71 bits per heavy atom. The van der Waals surface area contributed by atoms with Gasteiger partial charge in [-0.15, -0.1) is 0 Å². The summed E-state index contributed by atoms with van der Waals surface area (Å²) in [6, 6.07) is 6.43. The minimum atomic E-state index is -3.53. The Morgan fingerprint density at radius 1 is 1.21 bits per heavy atom. The number of nitrogens with two attached hydrogens (primary N) is 1. The Kier molecular flexibility index (Phi) is 3.10. The summed E-state index contributed by atoms with van der Waals surface area (Å²) in [5.41, 5.74) is 0.931. The number of hydrogen-bond acceptors (Lipinski definition) is 4. The van der Waals surface area contributed by atoms with Crippen LogP contribution in [-0.4, -0.2) is 22.5 Å². The highest BCUT2D eigenvalue weighted by Crippen LogP contribution is 2.15. The largest absolute Gasteiger partial charge is 0.378 e. The molecule has 3 N–H and O–H groups in total.